The second-order valence-electron chi connectivity index (χ2n) is 3.79. The van der Waals surface area contributed by atoms with Crippen molar-refractivity contribution >= 4 is 21.7 Å². The van der Waals surface area contributed by atoms with Crippen LogP contribution in [0.1, 0.15) is 34.7 Å². The average Bonchev–Trinajstić information content (AvgIpc) is 2.17. The van der Waals surface area contributed by atoms with E-state index in [0.717, 1.165) is 0 Å². The van der Waals surface area contributed by atoms with Crippen LogP contribution in [0.15, 0.2) is 22.7 Å². The lowest BCUT2D eigenvalue weighted by molar-refractivity contribution is -0.152. The summed E-state index contributed by atoms with van der Waals surface area (Å²) in [6.07, 6.45) is -4.45. The third-order valence-corrected chi connectivity index (χ3v) is 3.24. The lowest BCUT2D eigenvalue weighted by atomic mass is 9.82. The minimum atomic E-state index is -4.27. The van der Waals surface area contributed by atoms with Crippen molar-refractivity contribution in [1.29, 1.82) is 0 Å². The smallest absolute Gasteiger partial charge is 0.294 e. The molecule has 0 aromatic heterocycles. The second-order valence-corrected chi connectivity index (χ2v) is 4.70. The Kier molecular flexibility index (Phi) is 2.82. The molecule has 0 saturated carbocycles. The maximum Gasteiger partial charge on any atom is 0.395 e. The summed E-state index contributed by atoms with van der Waals surface area (Å²) in [5.41, 5.74) is 0.301. The summed E-state index contributed by atoms with van der Waals surface area (Å²) < 4.78 is 38.8. The van der Waals surface area contributed by atoms with E-state index in [0.29, 0.717) is 4.47 Å². The Hall–Kier alpha value is -0.840. The summed E-state index contributed by atoms with van der Waals surface area (Å²) in [5, 5.41) is 0. The van der Waals surface area contributed by atoms with Gasteiger partial charge in [0.15, 0.2) is 5.78 Å². The molecule has 0 bridgehead atoms. The molecular formula is C11H8BrF3O. The fourth-order valence-electron chi connectivity index (χ4n) is 1.98. The molecule has 1 nitrogen and oxygen atoms in total. The number of hydrogen-bond acceptors (Lipinski definition) is 1. The Bertz CT molecular complexity index is 439. The van der Waals surface area contributed by atoms with Crippen LogP contribution in [0.3, 0.4) is 0 Å². The normalized spacial score (nSPS) is 20.8. The standard InChI is InChI=1S/C11H8BrF3O/c12-6-1-2-7-8(5-6)10(16)4-3-9(7)11(13,14)15/h1-2,5,9H,3-4H2/t9-/m1/s1. The van der Waals surface area contributed by atoms with E-state index in [1.807, 2.05) is 0 Å². The predicted molar refractivity (Wildman–Crippen MR) is 56.5 cm³/mol. The molecular weight excluding hydrogens is 285 g/mol. The molecule has 1 aliphatic carbocycles. The molecule has 86 valence electrons. The third kappa shape index (κ3) is 2.00. The Morgan fingerprint density at radius 2 is 2.00 bits per heavy atom. The number of benzene rings is 1. The molecule has 1 atom stereocenters. The van der Waals surface area contributed by atoms with Crippen LogP contribution in [-0.4, -0.2) is 12.0 Å². The molecule has 0 fully saturated rings. The number of fused-ring (bicyclic) bond motifs is 1. The fourth-order valence-corrected chi connectivity index (χ4v) is 2.34. The maximum absolute atomic E-state index is 12.7. The lowest BCUT2D eigenvalue weighted by Gasteiger charge is -2.26. The van der Waals surface area contributed by atoms with Crippen molar-refractivity contribution in [2.24, 2.45) is 0 Å². The molecule has 16 heavy (non-hydrogen) atoms. The first-order valence-electron chi connectivity index (χ1n) is 4.79. The van der Waals surface area contributed by atoms with Gasteiger partial charge in [0.1, 0.15) is 0 Å². The van der Waals surface area contributed by atoms with Crippen molar-refractivity contribution in [2.45, 2.75) is 24.9 Å². The van der Waals surface area contributed by atoms with Crippen LogP contribution in [0.25, 0.3) is 0 Å². The van der Waals surface area contributed by atoms with E-state index in [-0.39, 0.29) is 29.8 Å². The topological polar surface area (TPSA) is 17.1 Å². The quantitative estimate of drug-likeness (QED) is 0.704. The van der Waals surface area contributed by atoms with Crippen LogP contribution >= 0.6 is 15.9 Å². The average molecular weight is 293 g/mol. The number of Topliss-reactive ketones (excluding diaryl/α,β-unsaturated/α-hetero) is 1. The summed E-state index contributed by atoms with van der Waals surface area (Å²) in [4.78, 5) is 11.5. The van der Waals surface area contributed by atoms with Crippen LogP contribution in [0.4, 0.5) is 13.2 Å². The van der Waals surface area contributed by atoms with Gasteiger partial charge >= 0.3 is 6.18 Å². The van der Waals surface area contributed by atoms with Crippen LogP contribution in [-0.2, 0) is 0 Å². The molecule has 1 aliphatic rings. The van der Waals surface area contributed by atoms with Gasteiger partial charge in [0, 0.05) is 16.5 Å². The van der Waals surface area contributed by atoms with Crippen molar-refractivity contribution in [3.8, 4) is 0 Å². The molecule has 0 unspecified atom stereocenters. The molecule has 0 N–H and O–H groups in total. The number of hydrogen-bond donors (Lipinski definition) is 0. The lowest BCUT2D eigenvalue weighted by Crippen LogP contribution is -2.27. The van der Waals surface area contributed by atoms with Crippen molar-refractivity contribution in [1.82, 2.24) is 0 Å². The van der Waals surface area contributed by atoms with Crippen molar-refractivity contribution < 1.29 is 18.0 Å². The molecule has 0 spiro atoms. The zero-order chi connectivity index (χ0) is 11.9. The molecule has 1 aromatic carbocycles. The Morgan fingerprint density at radius 3 is 2.62 bits per heavy atom. The highest BCUT2D eigenvalue weighted by Crippen LogP contribution is 2.43. The van der Waals surface area contributed by atoms with Crippen LogP contribution < -0.4 is 0 Å². The molecule has 0 radical (unpaired) electrons. The van der Waals surface area contributed by atoms with Gasteiger partial charge in [0.2, 0.25) is 0 Å². The largest absolute Gasteiger partial charge is 0.395 e. The van der Waals surface area contributed by atoms with Crippen LogP contribution in [0.5, 0.6) is 0 Å². The Balaban J connectivity index is 2.53. The van der Waals surface area contributed by atoms with E-state index in [1.165, 1.54) is 18.2 Å². The van der Waals surface area contributed by atoms with Gasteiger partial charge in [0.05, 0.1) is 5.92 Å². The highest BCUT2D eigenvalue weighted by atomic mass is 79.9. The third-order valence-electron chi connectivity index (χ3n) is 2.75. The van der Waals surface area contributed by atoms with E-state index in [1.54, 1.807) is 0 Å². The van der Waals surface area contributed by atoms with Gasteiger partial charge in [-0.1, -0.05) is 22.0 Å². The van der Waals surface area contributed by atoms with E-state index >= 15 is 0 Å². The zero-order valence-corrected chi connectivity index (χ0v) is 9.73. The van der Waals surface area contributed by atoms with Gasteiger partial charge in [-0.25, -0.2) is 0 Å². The predicted octanol–water partition coefficient (Wildman–Crippen LogP) is 4.07. The SMILES string of the molecule is O=C1CC[C@@H](C(F)(F)F)c2ccc(Br)cc21. The van der Waals surface area contributed by atoms with E-state index in [4.69, 9.17) is 0 Å². The molecule has 1 aromatic rings. The number of ketones is 1. The molecule has 0 amide bonds. The first-order chi connectivity index (χ1) is 7.39. The molecule has 2 rings (SSSR count). The van der Waals surface area contributed by atoms with Crippen LogP contribution in [0, 0.1) is 0 Å². The van der Waals surface area contributed by atoms with Crippen LogP contribution in [0.2, 0.25) is 0 Å². The van der Waals surface area contributed by atoms with Gasteiger partial charge in [0.25, 0.3) is 0 Å². The number of halogens is 4. The van der Waals surface area contributed by atoms with E-state index in [9.17, 15) is 18.0 Å². The first-order valence-corrected chi connectivity index (χ1v) is 5.58. The number of carbonyl (C=O) groups excluding carboxylic acids is 1. The molecule has 0 saturated heterocycles. The Labute approximate surface area is 98.8 Å². The van der Waals surface area contributed by atoms with Gasteiger partial charge in [-0.3, -0.25) is 4.79 Å². The van der Waals surface area contributed by atoms with Gasteiger partial charge < -0.3 is 0 Å². The molecule has 5 heteroatoms. The molecule has 0 aliphatic heterocycles. The molecule has 0 heterocycles. The summed E-state index contributed by atoms with van der Waals surface area (Å²) in [6.45, 7) is 0. The van der Waals surface area contributed by atoms with Crippen molar-refractivity contribution in [3.63, 3.8) is 0 Å². The fraction of sp³-hybridized carbons (Fsp3) is 0.364. The Morgan fingerprint density at radius 1 is 1.31 bits per heavy atom. The van der Waals surface area contributed by atoms with Gasteiger partial charge in [-0.05, 0) is 24.1 Å². The van der Waals surface area contributed by atoms with E-state index in [2.05, 4.69) is 15.9 Å². The summed E-state index contributed by atoms with van der Waals surface area (Å²) in [6, 6.07) is 4.39. The number of carbonyl (C=O) groups is 1. The zero-order valence-electron chi connectivity index (χ0n) is 8.14. The summed E-state index contributed by atoms with van der Waals surface area (Å²) in [5.74, 6) is -1.72. The minimum Gasteiger partial charge on any atom is -0.294 e. The number of alkyl halides is 3. The van der Waals surface area contributed by atoms with Crippen molar-refractivity contribution in [3.05, 3.63) is 33.8 Å². The summed E-state index contributed by atoms with van der Waals surface area (Å²) >= 11 is 3.15. The highest BCUT2D eigenvalue weighted by molar-refractivity contribution is 9.10. The van der Waals surface area contributed by atoms with E-state index < -0.39 is 12.1 Å². The first kappa shape index (κ1) is 11.6. The maximum atomic E-state index is 12.7. The van der Waals surface area contributed by atoms with Gasteiger partial charge in [-0.2, -0.15) is 13.2 Å². The second kappa shape index (κ2) is 3.87. The van der Waals surface area contributed by atoms with Gasteiger partial charge in [-0.15, -0.1) is 0 Å². The summed E-state index contributed by atoms with van der Waals surface area (Å²) in [7, 11) is 0. The number of rotatable bonds is 0. The van der Waals surface area contributed by atoms with Crippen molar-refractivity contribution in [2.75, 3.05) is 0 Å². The minimum absolute atomic E-state index is 0.0341. The monoisotopic (exact) mass is 292 g/mol. The highest BCUT2D eigenvalue weighted by Gasteiger charge is 2.44.